The number of carbonyl (C=O) groups is 2. The maximum absolute atomic E-state index is 11.8. The summed E-state index contributed by atoms with van der Waals surface area (Å²) in [6, 6.07) is 0. The van der Waals surface area contributed by atoms with Crippen LogP contribution in [0.15, 0.2) is 10.2 Å². The molecule has 0 aromatic carbocycles. The molecule has 25 heavy (non-hydrogen) atoms. The lowest BCUT2D eigenvalue weighted by atomic mass is 10.1. The Morgan fingerprint density at radius 3 is 1.52 bits per heavy atom. The van der Waals surface area contributed by atoms with Crippen LogP contribution in [0.3, 0.4) is 0 Å². The lowest BCUT2D eigenvalue weighted by Gasteiger charge is -2.22. The van der Waals surface area contributed by atoms with Gasteiger partial charge in [-0.15, -0.1) is 0 Å². The fourth-order valence-corrected chi connectivity index (χ4v) is 2.78. The number of amides is 2. The summed E-state index contributed by atoms with van der Waals surface area (Å²) in [5, 5.41) is 8.37. The van der Waals surface area contributed by atoms with Gasteiger partial charge in [0.1, 0.15) is 0 Å². The summed E-state index contributed by atoms with van der Waals surface area (Å²) in [4.78, 5) is 28.0. The van der Waals surface area contributed by atoms with E-state index in [-0.39, 0.29) is 11.8 Å². The maximum atomic E-state index is 11.8. The van der Waals surface area contributed by atoms with Crippen molar-refractivity contribution < 1.29 is 9.59 Å². The van der Waals surface area contributed by atoms with Gasteiger partial charge in [0.2, 0.25) is 11.8 Å². The van der Waals surface area contributed by atoms with Crippen molar-refractivity contribution >= 4 is 23.2 Å². The van der Waals surface area contributed by atoms with Crippen LogP contribution in [0.25, 0.3) is 0 Å². The first kappa shape index (κ1) is 19.5. The van der Waals surface area contributed by atoms with Crippen molar-refractivity contribution in [2.75, 3.05) is 40.3 Å². The second-order valence-electron chi connectivity index (χ2n) is 6.89. The predicted octanol–water partition coefficient (Wildman–Crippen LogP) is 0.552. The third kappa shape index (κ3) is 7.74. The SMILES string of the molecule is CN1CCC(=NNC(=O)CCCC(=O)NN=C2CCN(C)CC2)CC1. The van der Waals surface area contributed by atoms with Crippen LogP contribution in [0.2, 0.25) is 0 Å². The van der Waals surface area contributed by atoms with E-state index in [0.717, 1.165) is 63.3 Å². The Labute approximate surface area is 149 Å². The third-order valence-electron chi connectivity index (χ3n) is 4.61. The number of likely N-dealkylation sites (tertiary alicyclic amines) is 2. The smallest absolute Gasteiger partial charge is 0.240 e. The van der Waals surface area contributed by atoms with Crippen LogP contribution in [0.4, 0.5) is 0 Å². The molecule has 0 radical (unpaired) electrons. The number of nitrogens with one attached hydrogen (secondary N) is 2. The number of nitrogens with zero attached hydrogens (tertiary/aromatic N) is 4. The van der Waals surface area contributed by atoms with E-state index in [4.69, 9.17) is 0 Å². The van der Waals surface area contributed by atoms with Crippen molar-refractivity contribution in [2.45, 2.75) is 44.9 Å². The molecule has 2 aliphatic rings. The Balaban J connectivity index is 1.57. The summed E-state index contributed by atoms with van der Waals surface area (Å²) in [6.45, 7) is 3.92. The fourth-order valence-electron chi connectivity index (χ4n) is 2.78. The largest absolute Gasteiger partial charge is 0.306 e. The summed E-state index contributed by atoms with van der Waals surface area (Å²) in [7, 11) is 4.16. The molecule has 2 rings (SSSR count). The van der Waals surface area contributed by atoms with Gasteiger partial charge in [-0.05, 0) is 20.5 Å². The van der Waals surface area contributed by atoms with Gasteiger partial charge in [0.05, 0.1) is 0 Å². The van der Waals surface area contributed by atoms with Gasteiger partial charge < -0.3 is 9.80 Å². The Hall–Kier alpha value is -1.80. The molecule has 0 spiro atoms. The van der Waals surface area contributed by atoms with Gasteiger partial charge in [-0.25, -0.2) is 10.9 Å². The first-order chi connectivity index (χ1) is 12.0. The van der Waals surface area contributed by atoms with Gasteiger partial charge in [-0.2, -0.15) is 10.2 Å². The summed E-state index contributed by atoms with van der Waals surface area (Å²) in [5.41, 5.74) is 7.27. The van der Waals surface area contributed by atoms with Crippen LogP contribution in [0.1, 0.15) is 44.9 Å². The van der Waals surface area contributed by atoms with Crippen LogP contribution >= 0.6 is 0 Å². The molecule has 2 N–H and O–H groups in total. The highest BCUT2D eigenvalue weighted by molar-refractivity contribution is 5.88. The minimum Gasteiger partial charge on any atom is -0.306 e. The quantitative estimate of drug-likeness (QED) is 0.685. The standard InChI is InChI=1S/C17H30N6O2/c1-22-10-6-14(7-11-22)18-20-16(24)4-3-5-17(25)21-19-15-8-12-23(2)13-9-15/h3-13H2,1-2H3,(H,20,24)(H,21,25). The van der Waals surface area contributed by atoms with E-state index >= 15 is 0 Å². The Kier molecular flexibility index (Phi) is 8.00. The molecule has 0 unspecified atom stereocenters. The van der Waals surface area contributed by atoms with Crippen molar-refractivity contribution in [1.82, 2.24) is 20.7 Å². The van der Waals surface area contributed by atoms with E-state index in [1.807, 2.05) is 0 Å². The summed E-state index contributed by atoms with van der Waals surface area (Å²) in [6.07, 6.45) is 4.69. The van der Waals surface area contributed by atoms with Gasteiger partial charge >= 0.3 is 0 Å². The van der Waals surface area contributed by atoms with E-state index in [2.05, 4.69) is 44.9 Å². The minimum atomic E-state index is -0.138. The van der Waals surface area contributed by atoms with Crippen LogP contribution < -0.4 is 10.9 Å². The average Bonchev–Trinajstić information content (AvgIpc) is 2.61. The van der Waals surface area contributed by atoms with Crippen molar-refractivity contribution in [2.24, 2.45) is 10.2 Å². The Bertz CT molecular complexity index is 465. The van der Waals surface area contributed by atoms with Gasteiger partial charge in [-0.1, -0.05) is 0 Å². The molecule has 8 nitrogen and oxygen atoms in total. The van der Waals surface area contributed by atoms with Crippen molar-refractivity contribution in [3.8, 4) is 0 Å². The molecule has 0 aliphatic carbocycles. The van der Waals surface area contributed by atoms with Gasteiger partial charge in [0.25, 0.3) is 0 Å². The monoisotopic (exact) mass is 350 g/mol. The van der Waals surface area contributed by atoms with Crippen molar-refractivity contribution in [3.63, 3.8) is 0 Å². The average molecular weight is 350 g/mol. The highest BCUT2D eigenvalue weighted by Crippen LogP contribution is 2.05. The van der Waals surface area contributed by atoms with E-state index in [1.165, 1.54) is 0 Å². The zero-order valence-corrected chi connectivity index (χ0v) is 15.4. The molecule has 0 saturated carbocycles. The van der Waals surface area contributed by atoms with Crippen LogP contribution in [0.5, 0.6) is 0 Å². The third-order valence-corrected chi connectivity index (χ3v) is 4.61. The number of hydrogen-bond donors (Lipinski definition) is 2. The Morgan fingerprint density at radius 1 is 0.800 bits per heavy atom. The molecule has 0 bridgehead atoms. The number of carbonyl (C=O) groups excluding carboxylic acids is 2. The van der Waals surface area contributed by atoms with Crippen LogP contribution in [-0.2, 0) is 9.59 Å². The molecule has 2 aliphatic heterocycles. The molecule has 2 heterocycles. The topological polar surface area (TPSA) is 89.4 Å². The maximum Gasteiger partial charge on any atom is 0.240 e. The summed E-state index contributed by atoms with van der Waals surface area (Å²) in [5.74, 6) is -0.276. The molecule has 8 heteroatoms. The van der Waals surface area contributed by atoms with Gasteiger partial charge in [-0.3, -0.25) is 9.59 Å². The zero-order valence-electron chi connectivity index (χ0n) is 15.4. The van der Waals surface area contributed by atoms with E-state index in [0.29, 0.717) is 19.3 Å². The number of piperidine rings is 2. The first-order valence-corrected chi connectivity index (χ1v) is 9.08. The minimum absolute atomic E-state index is 0.138. The molecule has 0 atom stereocenters. The second-order valence-corrected chi connectivity index (χ2v) is 6.89. The molecule has 140 valence electrons. The highest BCUT2D eigenvalue weighted by Gasteiger charge is 2.13. The fraction of sp³-hybridized carbons (Fsp3) is 0.765. The van der Waals surface area contributed by atoms with Crippen LogP contribution in [-0.4, -0.2) is 73.3 Å². The molecule has 0 aromatic heterocycles. The Morgan fingerprint density at radius 2 is 1.16 bits per heavy atom. The molecular weight excluding hydrogens is 320 g/mol. The lowest BCUT2D eigenvalue weighted by Crippen LogP contribution is -2.32. The van der Waals surface area contributed by atoms with Crippen molar-refractivity contribution in [3.05, 3.63) is 0 Å². The number of hydrogen-bond acceptors (Lipinski definition) is 6. The van der Waals surface area contributed by atoms with Gasteiger partial charge in [0.15, 0.2) is 0 Å². The van der Waals surface area contributed by atoms with E-state index in [9.17, 15) is 9.59 Å². The summed E-state index contributed by atoms with van der Waals surface area (Å²) >= 11 is 0. The molecule has 2 fully saturated rings. The second kappa shape index (κ2) is 10.2. The van der Waals surface area contributed by atoms with Crippen LogP contribution in [0, 0.1) is 0 Å². The highest BCUT2D eigenvalue weighted by atomic mass is 16.2. The molecular formula is C17H30N6O2. The van der Waals surface area contributed by atoms with E-state index < -0.39 is 0 Å². The normalized spacial score (nSPS) is 19.4. The van der Waals surface area contributed by atoms with Crippen molar-refractivity contribution in [1.29, 1.82) is 0 Å². The lowest BCUT2D eigenvalue weighted by molar-refractivity contribution is -0.122. The van der Waals surface area contributed by atoms with E-state index in [1.54, 1.807) is 0 Å². The predicted molar refractivity (Wildman–Crippen MR) is 98.5 cm³/mol. The number of hydrazone groups is 2. The zero-order chi connectivity index (χ0) is 18.1. The first-order valence-electron chi connectivity index (χ1n) is 9.08. The molecule has 2 saturated heterocycles. The molecule has 0 aromatic rings. The summed E-state index contributed by atoms with van der Waals surface area (Å²) < 4.78 is 0. The molecule has 2 amide bonds. The number of rotatable bonds is 6. The van der Waals surface area contributed by atoms with Gasteiger partial charge in [0, 0.05) is 76.1 Å².